The first-order chi connectivity index (χ1) is 29.0. The largest absolute Gasteiger partial charge is 0.462 e. The van der Waals surface area contributed by atoms with Gasteiger partial charge in [-0.1, -0.05) is 163 Å². The summed E-state index contributed by atoms with van der Waals surface area (Å²) in [6, 6.07) is 0. The Morgan fingerprint density at radius 3 is 1.22 bits per heavy atom. The predicted octanol–water partition coefficient (Wildman–Crippen LogP) is 15.4. The summed E-state index contributed by atoms with van der Waals surface area (Å²) in [6.07, 6.45) is 39.5. The monoisotopic (exact) mass is 851 g/mol. The van der Waals surface area contributed by atoms with Gasteiger partial charge in [-0.25, -0.2) is 4.79 Å². The number of nitrogens with one attached hydrogen (secondary N) is 1. The third-order valence-electron chi connectivity index (χ3n) is 11.7. The summed E-state index contributed by atoms with van der Waals surface area (Å²) in [5.74, 6) is -0.0165. The van der Waals surface area contributed by atoms with Crippen LogP contribution in [0.15, 0.2) is 0 Å². The fraction of sp³-hybridized carbons (Fsp3) is 0.942. The number of rotatable bonds is 44. The first-order valence-electron chi connectivity index (χ1n) is 26.1. The lowest BCUT2D eigenvalue weighted by Gasteiger charge is -2.23. The fourth-order valence-electron chi connectivity index (χ4n) is 7.97. The van der Waals surface area contributed by atoms with Crippen LogP contribution in [0.4, 0.5) is 4.79 Å². The molecule has 0 aliphatic rings. The lowest BCUT2D eigenvalue weighted by atomic mass is 10.0. The molecular weight excluding hydrogens is 749 g/mol. The zero-order valence-corrected chi connectivity index (χ0v) is 41.1. The van der Waals surface area contributed by atoms with Crippen LogP contribution in [0.1, 0.15) is 273 Å². The van der Waals surface area contributed by atoms with E-state index in [1.807, 2.05) is 20.8 Å². The predicted molar refractivity (Wildman–Crippen MR) is 255 cm³/mol. The van der Waals surface area contributed by atoms with E-state index in [-0.39, 0.29) is 30.2 Å². The SMILES string of the molecule is CCCCCCCCC(CCCCCCCC)OC(=O)CCCCCCCN(CCCCCCCC(=O)O[C@@H](CC)CCCCCCCC)CCCNC(=O)OC(C)(C)C. The number of carbonyl (C=O) groups excluding carboxylic acids is 3. The Morgan fingerprint density at radius 2 is 0.800 bits per heavy atom. The maximum absolute atomic E-state index is 12.9. The molecule has 0 saturated heterocycles. The van der Waals surface area contributed by atoms with Crippen molar-refractivity contribution in [2.45, 2.75) is 291 Å². The minimum atomic E-state index is -0.495. The van der Waals surface area contributed by atoms with Crippen molar-refractivity contribution in [1.82, 2.24) is 10.2 Å². The minimum absolute atomic E-state index is 0.00648. The van der Waals surface area contributed by atoms with E-state index in [4.69, 9.17) is 14.2 Å². The molecule has 0 rings (SSSR count). The molecule has 0 aliphatic carbocycles. The van der Waals surface area contributed by atoms with Crippen molar-refractivity contribution in [2.75, 3.05) is 26.2 Å². The number of hydrogen-bond acceptors (Lipinski definition) is 7. The zero-order valence-electron chi connectivity index (χ0n) is 41.1. The van der Waals surface area contributed by atoms with Crippen molar-refractivity contribution in [1.29, 1.82) is 0 Å². The van der Waals surface area contributed by atoms with Gasteiger partial charge in [0.25, 0.3) is 0 Å². The average Bonchev–Trinajstić information content (AvgIpc) is 3.20. The highest BCUT2D eigenvalue weighted by atomic mass is 16.6. The second-order valence-corrected chi connectivity index (χ2v) is 19.0. The minimum Gasteiger partial charge on any atom is -0.462 e. The number of ether oxygens (including phenoxy) is 3. The normalized spacial score (nSPS) is 12.3. The van der Waals surface area contributed by atoms with E-state index in [0.717, 1.165) is 122 Å². The highest BCUT2D eigenvalue weighted by molar-refractivity contribution is 5.69. The molecule has 0 aromatic heterocycles. The third kappa shape index (κ3) is 41.5. The van der Waals surface area contributed by atoms with Gasteiger partial charge in [0.05, 0.1) is 0 Å². The number of amides is 1. The molecule has 0 spiro atoms. The smallest absolute Gasteiger partial charge is 0.407 e. The van der Waals surface area contributed by atoms with Crippen LogP contribution >= 0.6 is 0 Å². The van der Waals surface area contributed by atoms with Crippen LogP contribution in [0.25, 0.3) is 0 Å². The molecule has 0 unspecified atom stereocenters. The Bertz CT molecular complexity index is 953. The number of esters is 2. The Hall–Kier alpha value is -1.83. The van der Waals surface area contributed by atoms with Gasteiger partial charge in [0.2, 0.25) is 0 Å². The zero-order chi connectivity index (χ0) is 44.4. The van der Waals surface area contributed by atoms with Gasteiger partial charge in [-0.2, -0.15) is 0 Å². The lowest BCUT2D eigenvalue weighted by Crippen LogP contribution is -2.35. The molecule has 1 atom stereocenters. The second kappa shape index (κ2) is 42.5. The van der Waals surface area contributed by atoms with E-state index in [1.54, 1.807) is 0 Å². The number of carbonyl (C=O) groups is 3. The molecule has 8 nitrogen and oxygen atoms in total. The van der Waals surface area contributed by atoms with Gasteiger partial charge in [-0.05, 0) is 117 Å². The van der Waals surface area contributed by atoms with Gasteiger partial charge < -0.3 is 24.4 Å². The molecule has 0 bridgehead atoms. The first kappa shape index (κ1) is 58.2. The molecule has 1 N–H and O–H groups in total. The molecule has 0 aliphatic heterocycles. The number of unbranched alkanes of at least 4 members (excludes halogenated alkanes) is 23. The maximum Gasteiger partial charge on any atom is 0.407 e. The summed E-state index contributed by atoms with van der Waals surface area (Å²) in [7, 11) is 0. The molecule has 0 heterocycles. The standard InChI is InChI=1S/C52H102N2O6/c1-8-12-15-18-23-30-38-47(11-4)58-49(55)41-33-26-21-28-35-44-54(46-37-43-53-51(57)60-52(5,6)7)45-36-29-22-27-34-42-50(56)59-48(39-31-24-19-16-13-9-2)40-32-25-20-17-14-10-3/h47-48H,8-46H2,1-7H3,(H,53,57)/t47-/m0/s1. The molecule has 0 fully saturated rings. The summed E-state index contributed by atoms with van der Waals surface area (Å²) in [4.78, 5) is 40.0. The molecule has 0 radical (unpaired) electrons. The van der Waals surface area contributed by atoms with Crippen LogP contribution in [0.5, 0.6) is 0 Å². The van der Waals surface area contributed by atoms with Gasteiger partial charge in [-0.3, -0.25) is 9.59 Å². The molecule has 0 saturated carbocycles. The topological polar surface area (TPSA) is 94.2 Å². The van der Waals surface area contributed by atoms with E-state index in [0.29, 0.717) is 19.4 Å². The molecule has 8 heteroatoms. The molecule has 1 amide bonds. The van der Waals surface area contributed by atoms with Gasteiger partial charge >= 0.3 is 18.0 Å². The fourth-order valence-corrected chi connectivity index (χ4v) is 7.97. The molecule has 0 aromatic rings. The van der Waals surface area contributed by atoms with Crippen LogP contribution in [-0.2, 0) is 23.8 Å². The Morgan fingerprint density at radius 1 is 0.450 bits per heavy atom. The van der Waals surface area contributed by atoms with Crippen LogP contribution in [0.3, 0.4) is 0 Å². The number of nitrogens with zero attached hydrogens (tertiary/aromatic N) is 1. The Balaban J connectivity index is 4.55. The highest BCUT2D eigenvalue weighted by Crippen LogP contribution is 2.19. The lowest BCUT2D eigenvalue weighted by molar-refractivity contribution is -0.150. The number of hydrogen-bond donors (Lipinski definition) is 1. The average molecular weight is 851 g/mol. The van der Waals surface area contributed by atoms with Crippen molar-refractivity contribution in [3.05, 3.63) is 0 Å². The van der Waals surface area contributed by atoms with E-state index < -0.39 is 5.60 Å². The van der Waals surface area contributed by atoms with E-state index in [9.17, 15) is 14.4 Å². The van der Waals surface area contributed by atoms with Gasteiger partial charge in [0.1, 0.15) is 17.8 Å². The van der Waals surface area contributed by atoms with Crippen LogP contribution in [0, 0.1) is 0 Å². The summed E-state index contributed by atoms with van der Waals surface area (Å²) in [6.45, 7) is 18.2. The second-order valence-electron chi connectivity index (χ2n) is 19.0. The highest BCUT2D eigenvalue weighted by Gasteiger charge is 2.17. The quantitative estimate of drug-likeness (QED) is 0.0371. The molecule has 356 valence electrons. The first-order valence-corrected chi connectivity index (χ1v) is 26.1. The third-order valence-corrected chi connectivity index (χ3v) is 11.7. The van der Waals surface area contributed by atoms with E-state index >= 15 is 0 Å². The van der Waals surface area contributed by atoms with Crippen LogP contribution < -0.4 is 5.32 Å². The molecular formula is C52H102N2O6. The Kier molecular flexibility index (Phi) is 41.2. The van der Waals surface area contributed by atoms with Gasteiger partial charge in [0.15, 0.2) is 0 Å². The van der Waals surface area contributed by atoms with E-state index in [2.05, 4.69) is 37.9 Å². The summed E-state index contributed by atoms with van der Waals surface area (Å²) >= 11 is 0. The van der Waals surface area contributed by atoms with Gasteiger partial charge in [-0.15, -0.1) is 0 Å². The van der Waals surface area contributed by atoms with Crippen molar-refractivity contribution < 1.29 is 28.6 Å². The van der Waals surface area contributed by atoms with Crippen molar-refractivity contribution >= 4 is 18.0 Å². The molecule has 60 heavy (non-hydrogen) atoms. The summed E-state index contributed by atoms with van der Waals surface area (Å²) < 4.78 is 17.3. The van der Waals surface area contributed by atoms with Gasteiger partial charge in [0, 0.05) is 19.4 Å². The number of alkyl carbamates (subject to hydrolysis) is 1. The van der Waals surface area contributed by atoms with Crippen molar-refractivity contribution in [3.8, 4) is 0 Å². The van der Waals surface area contributed by atoms with Crippen molar-refractivity contribution in [3.63, 3.8) is 0 Å². The maximum atomic E-state index is 12.9. The van der Waals surface area contributed by atoms with Crippen molar-refractivity contribution in [2.24, 2.45) is 0 Å². The van der Waals surface area contributed by atoms with E-state index in [1.165, 1.54) is 109 Å². The summed E-state index contributed by atoms with van der Waals surface area (Å²) in [5, 5.41) is 2.91. The van der Waals surface area contributed by atoms with Crippen LogP contribution in [-0.4, -0.2) is 66.9 Å². The summed E-state index contributed by atoms with van der Waals surface area (Å²) in [5.41, 5.74) is -0.495. The molecule has 0 aromatic carbocycles. The Labute approximate surface area is 372 Å². The van der Waals surface area contributed by atoms with Crippen LogP contribution in [0.2, 0.25) is 0 Å².